The number of hydrogen-bond acceptors (Lipinski definition) is 9. The Morgan fingerprint density at radius 2 is 1.71 bits per heavy atom. The number of thiazole rings is 1. The number of aromatic nitrogens is 1. The van der Waals surface area contributed by atoms with Crippen molar-refractivity contribution in [1.82, 2.24) is 4.57 Å². The van der Waals surface area contributed by atoms with Gasteiger partial charge in [-0.2, -0.15) is 0 Å². The number of carbonyl (C=O) groups excluding carboxylic acids is 1. The second kappa shape index (κ2) is 14.5. The van der Waals surface area contributed by atoms with Crippen molar-refractivity contribution < 1.29 is 28.5 Å². The van der Waals surface area contributed by atoms with Crippen molar-refractivity contribution in [3.8, 4) is 23.0 Å². The molecule has 0 saturated heterocycles. The average Bonchev–Trinajstić information content (AvgIpc) is 3.42. The number of halogens is 1. The third-order valence-electron chi connectivity index (χ3n) is 7.81. The Bertz CT molecular complexity index is 2220. The second-order valence-electron chi connectivity index (χ2n) is 10.7. The maximum absolute atomic E-state index is 14.1. The predicted molar refractivity (Wildman–Crippen MR) is 189 cm³/mol. The summed E-state index contributed by atoms with van der Waals surface area (Å²) in [5.41, 5.74) is 2.33. The number of hydrogen-bond donors (Lipinski definition) is 0. The normalized spacial score (nSPS) is 14.1. The summed E-state index contributed by atoms with van der Waals surface area (Å²) >= 11 is 4.88. The fourth-order valence-electron chi connectivity index (χ4n) is 5.67. The standard InChI is InChI=1S/C37H33BrN2O7S/c1-5-45-29-15-14-24(19-30(29)46-6-2)33-27(36(42)44-4)20-39-37-40(33)35(41)32(48-37)18-22-16-28(38)34(31(17-22)43-3)47-21-25-12-9-11-23-10-7-8-13-26(23)25/h7-20,33H,5-6,21H2,1-4H3/b32-18+/t33-/m0/s1. The minimum atomic E-state index is -0.795. The minimum absolute atomic E-state index is 0.222. The number of fused-ring (bicyclic) bond motifs is 2. The Kier molecular flexibility index (Phi) is 9.98. The van der Waals surface area contributed by atoms with Crippen LogP contribution in [0.1, 0.15) is 36.6 Å². The molecular weight excluding hydrogens is 696 g/mol. The van der Waals surface area contributed by atoms with Crippen LogP contribution >= 0.6 is 27.3 Å². The van der Waals surface area contributed by atoms with Crippen LogP contribution in [0, 0.1) is 0 Å². The summed E-state index contributed by atoms with van der Waals surface area (Å²) < 4.78 is 31.3. The highest BCUT2D eigenvalue weighted by Crippen LogP contribution is 2.38. The van der Waals surface area contributed by atoms with Gasteiger partial charge in [-0.3, -0.25) is 9.36 Å². The lowest BCUT2D eigenvalue weighted by molar-refractivity contribution is -0.136. The molecule has 6 rings (SSSR count). The molecule has 11 heteroatoms. The third-order valence-corrected chi connectivity index (χ3v) is 9.40. The molecule has 5 aromatic rings. The van der Waals surface area contributed by atoms with E-state index in [1.807, 2.05) is 56.3 Å². The smallest absolute Gasteiger partial charge is 0.337 e. The maximum atomic E-state index is 14.1. The molecule has 1 aliphatic rings. The Morgan fingerprint density at radius 3 is 2.48 bits per heavy atom. The molecule has 1 aromatic heterocycles. The van der Waals surface area contributed by atoms with Gasteiger partial charge < -0.3 is 23.7 Å². The van der Waals surface area contributed by atoms with Gasteiger partial charge in [0.05, 0.1) is 48.1 Å². The first-order chi connectivity index (χ1) is 23.4. The first kappa shape index (κ1) is 33.0. The van der Waals surface area contributed by atoms with Crippen LogP contribution in [0.4, 0.5) is 0 Å². The van der Waals surface area contributed by atoms with Crippen LogP contribution in [0.2, 0.25) is 0 Å². The lowest BCUT2D eigenvalue weighted by Crippen LogP contribution is -2.39. The molecule has 246 valence electrons. The zero-order valence-electron chi connectivity index (χ0n) is 26.8. The lowest BCUT2D eigenvalue weighted by Gasteiger charge is -2.23. The van der Waals surface area contributed by atoms with Gasteiger partial charge in [0.15, 0.2) is 27.8 Å². The highest BCUT2D eigenvalue weighted by atomic mass is 79.9. The van der Waals surface area contributed by atoms with Gasteiger partial charge in [-0.05, 0) is 87.6 Å². The van der Waals surface area contributed by atoms with Crippen molar-refractivity contribution in [3.63, 3.8) is 0 Å². The molecule has 9 nitrogen and oxygen atoms in total. The molecule has 0 radical (unpaired) electrons. The summed E-state index contributed by atoms with van der Waals surface area (Å²) in [6, 6.07) is 22.6. The average molecular weight is 730 g/mol. The van der Waals surface area contributed by atoms with E-state index in [1.165, 1.54) is 29.2 Å². The quantitative estimate of drug-likeness (QED) is 0.147. The molecule has 0 N–H and O–H groups in total. The zero-order valence-corrected chi connectivity index (χ0v) is 29.2. The summed E-state index contributed by atoms with van der Waals surface area (Å²) in [4.78, 5) is 31.9. The Morgan fingerprint density at radius 1 is 0.938 bits per heavy atom. The molecule has 2 heterocycles. The van der Waals surface area contributed by atoms with Gasteiger partial charge in [0.25, 0.3) is 5.56 Å². The van der Waals surface area contributed by atoms with Crippen LogP contribution in [0.15, 0.2) is 98.8 Å². The Hall–Kier alpha value is -4.87. The number of methoxy groups -OCH3 is 2. The summed E-state index contributed by atoms with van der Waals surface area (Å²) in [6.45, 7) is 4.98. The van der Waals surface area contributed by atoms with E-state index in [0.717, 1.165) is 16.3 Å². The summed E-state index contributed by atoms with van der Waals surface area (Å²) in [5.74, 6) is 1.56. The van der Waals surface area contributed by atoms with Gasteiger partial charge in [-0.25, -0.2) is 9.79 Å². The molecule has 0 fully saturated rings. The van der Waals surface area contributed by atoms with E-state index in [0.29, 0.717) is 67.8 Å². The molecule has 1 aliphatic heterocycles. The molecular formula is C37H33BrN2O7S. The maximum Gasteiger partial charge on any atom is 0.337 e. The molecule has 4 aromatic carbocycles. The molecule has 0 amide bonds. The van der Waals surface area contributed by atoms with E-state index >= 15 is 0 Å². The lowest BCUT2D eigenvalue weighted by atomic mass is 9.97. The van der Waals surface area contributed by atoms with E-state index in [-0.39, 0.29) is 11.1 Å². The number of carbonyl (C=O) groups is 1. The van der Waals surface area contributed by atoms with E-state index in [4.69, 9.17) is 23.7 Å². The van der Waals surface area contributed by atoms with Crippen molar-refractivity contribution in [3.05, 3.63) is 125 Å². The van der Waals surface area contributed by atoms with Crippen LogP contribution < -0.4 is 33.8 Å². The van der Waals surface area contributed by atoms with E-state index < -0.39 is 12.0 Å². The summed E-state index contributed by atoms with van der Waals surface area (Å²) in [7, 11) is 2.88. The topological polar surface area (TPSA) is 97.6 Å². The number of nitrogens with zero attached hydrogens (tertiary/aromatic N) is 2. The van der Waals surface area contributed by atoms with E-state index in [2.05, 4.69) is 39.1 Å². The monoisotopic (exact) mass is 728 g/mol. The third kappa shape index (κ3) is 6.48. The van der Waals surface area contributed by atoms with Gasteiger partial charge in [0.2, 0.25) is 0 Å². The van der Waals surface area contributed by atoms with Crippen molar-refractivity contribution in [2.24, 2.45) is 4.99 Å². The van der Waals surface area contributed by atoms with Gasteiger partial charge >= 0.3 is 5.97 Å². The number of rotatable bonds is 11. The Labute approximate surface area is 289 Å². The largest absolute Gasteiger partial charge is 0.493 e. The van der Waals surface area contributed by atoms with Crippen LogP contribution in [-0.2, 0) is 16.1 Å². The Balaban J connectivity index is 1.38. The first-order valence-electron chi connectivity index (χ1n) is 15.3. The van der Waals surface area contributed by atoms with Crippen LogP contribution in [0.25, 0.3) is 16.8 Å². The minimum Gasteiger partial charge on any atom is -0.493 e. The van der Waals surface area contributed by atoms with Gasteiger partial charge in [-0.1, -0.05) is 59.9 Å². The SMILES string of the molecule is CCOc1ccc([C@H]2C(C(=O)OC)=CN=c3s/c(=C/c4cc(Br)c(OCc5cccc6ccccc56)c(OC)c4)c(=O)n32)cc1OCC. The fourth-order valence-corrected chi connectivity index (χ4v) is 7.21. The van der Waals surface area contributed by atoms with Crippen LogP contribution in [0.3, 0.4) is 0 Å². The molecule has 0 bridgehead atoms. The molecule has 1 atom stereocenters. The highest BCUT2D eigenvalue weighted by molar-refractivity contribution is 9.10. The number of ether oxygens (including phenoxy) is 5. The first-order valence-corrected chi connectivity index (χ1v) is 16.9. The molecule has 0 spiro atoms. The number of benzene rings is 4. The summed E-state index contributed by atoms with van der Waals surface area (Å²) in [5, 5.41) is 2.26. The fraction of sp³-hybridized carbons (Fsp3) is 0.216. The van der Waals surface area contributed by atoms with Crippen molar-refractivity contribution in [2.45, 2.75) is 26.5 Å². The molecule has 0 unspecified atom stereocenters. The second-order valence-corrected chi connectivity index (χ2v) is 12.6. The summed E-state index contributed by atoms with van der Waals surface area (Å²) in [6.07, 6.45) is 3.23. The molecule has 0 aliphatic carbocycles. The zero-order chi connectivity index (χ0) is 33.8. The van der Waals surface area contributed by atoms with Gasteiger partial charge in [-0.15, -0.1) is 0 Å². The van der Waals surface area contributed by atoms with Crippen molar-refractivity contribution in [2.75, 3.05) is 27.4 Å². The van der Waals surface area contributed by atoms with Crippen molar-refractivity contribution in [1.29, 1.82) is 0 Å². The van der Waals surface area contributed by atoms with E-state index in [1.54, 1.807) is 25.3 Å². The molecule has 48 heavy (non-hydrogen) atoms. The molecule has 0 saturated carbocycles. The van der Waals surface area contributed by atoms with Gasteiger partial charge in [0.1, 0.15) is 6.61 Å². The van der Waals surface area contributed by atoms with Crippen molar-refractivity contribution >= 4 is 50.1 Å². The van der Waals surface area contributed by atoms with Crippen LogP contribution in [-0.4, -0.2) is 38.0 Å². The van der Waals surface area contributed by atoms with Gasteiger partial charge in [0, 0.05) is 6.20 Å². The highest BCUT2D eigenvalue weighted by Gasteiger charge is 2.31. The van der Waals surface area contributed by atoms with E-state index in [9.17, 15) is 9.59 Å². The predicted octanol–water partition coefficient (Wildman–Crippen LogP) is 6.32. The van der Waals surface area contributed by atoms with Crippen LogP contribution in [0.5, 0.6) is 23.0 Å². The number of esters is 1.